The first kappa shape index (κ1) is 19.0. The van der Waals surface area contributed by atoms with Crippen LogP contribution in [0.2, 0.25) is 0 Å². The maximum absolute atomic E-state index is 4.64. The molecule has 142 valence electrons. The Labute approximate surface area is 160 Å². The van der Waals surface area contributed by atoms with E-state index in [0.29, 0.717) is 22.9 Å². The lowest BCUT2D eigenvalue weighted by Crippen LogP contribution is -2.29. The van der Waals surface area contributed by atoms with Gasteiger partial charge in [-0.2, -0.15) is 9.97 Å². The molecule has 0 saturated carbocycles. The zero-order valence-corrected chi connectivity index (χ0v) is 16.5. The first-order valence-electron chi connectivity index (χ1n) is 9.40. The Balaban J connectivity index is 1.85. The van der Waals surface area contributed by atoms with Crippen molar-refractivity contribution >= 4 is 28.6 Å². The molecule has 0 atom stereocenters. The lowest BCUT2D eigenvalue weighted by atomic mass is 10.1. The smallest absolute Gasteiger partial charge is 0.226 e. The van der Waals surface area contributed by atoms with Gasteiger partial charge in [0.15, 0.2) is 17.0 Å². The first-order chi connectivity index (χ1) is 13.1. The standard InChI is InChI=1S/C20H27N7/c1-5-27(6-2)12-11-23-20-25-18-17(21-9-10-22-18)19(26-20)24-16-8-7-14(3)15(4)13-16/h7-10,13H,5-6,11-12H2,1-4H3,(H2,22,23,24,25,26). The normalized spacial score (nSPS) is 11.1. The highest BCUT2D eigenvalue weighted by Crippen LogP contribution is 2.23. The Morgan fingerprint density at radius 2 is 1.74 bits per heavy atom. The average molecular weight is 365 g/mol. The fraction of sp³-hybridized carbons (Fsp3) is 0.400. The molecular weight excluding hydrogens is 338 g/mol. The summed E-state index contributed by atoms with van der Waals surface area (Å²) in [7, 11) is 0. The maximum atomic E-state index is 4.64. The summed E-state index contributed by atoms with van der Waals surface area (Å²) in [5.74, 6) is 1.21. The number of benzene rings is 1. The molecule has 7 nitrogen and oxygen atoms in total. The second kappa shape index (κ2) is 8.73. The summed E-state index contributed by atoms with van der Waals surface area (Å²) in [5.41, 5.74) is 4.68. The van der Waals surface area contributed by atoms with Crippen molar-refractivity contribution in [1.82, 2.24) is 24.8 Å². The first-order valence-corrected chi connectivity index (χ1v) is 9.40. The summed E-state index contributed by atoms with van der Waals surface area (Å²) in [6.45, 7) is 12.3. The van der Waals surface area contributed by atoms with E-state index in [0.717, 1.165) is 31.9 Å². The molecule has 0 fully saturated rings. The van der Waals surface area contributed by atoms with Crippen molar-refractivity contribution in [3.8, 4) is 0 Å². The van der Waals surface area contributed by atoms with E-state index < -0.39 is 0 Å². The second-order valence-corrected chi connectivity index (χ2v) is 6.50. The summed E-state index contributed by atoms with van der Waals surface area (Å²) in [6, 6.07) is 6.24. The Hall–Kier alpha value is -2.80. The van der Waals surface area contributed by atoms with Crippen molar-refractivity contribution in [2.75, 3.05) is 36.8 Å². The largest absolute Gasteiger partial charge is 0.353 e. The monoisotopic (exact) mass is 365 g/mol. The lowest BCUT2D eigenvalue weighted by molar-refractivity contribution is 0.316. The van der Waals surface area contributed by atoms with Crippen molar-refractivity contribution < 1.29 is 0 Å². The van der Waals surface area contributed by atoms with Gasteiger partial charge in [0.25, 0.3) is 0 Å². The molecule has 0 radical (unpaired) electrons. The molecule has 1 aromatic carbocycles. The third kappa shape index (κ3) is 4.68. The van der Waals surface area contributed by atoms with Crippen molar-refractivity contribution in [1.29, 1.82) is 0 Å². The molecule has 0 aliphatic rings. The molecular formula is C20H27N7. The van der Waals surface area contributed by atoms with Crippen molar-refractivity contribution in [3.05, 3.63) is 41.7 Å². The van der Waals surface area contributed by atoms with Crippen molar-refractivity contribution in [2.45, 2.75) is 27.7 Å². The van der Waals surface area contributed by atoms with E-state index in [9.17, 15) is 0 Å². The Kier molecular flexibility index (Phi) is 6.13. The molecule has 2 N–H and O–H groups in total. The highest BCUT2D eigenvalue weighted by molar-refractivity contribution is 5.85. The highest BCUT2D eigenvalue weighted by Gasteiger charge is 2.11. The number of nitrogens with zero attached hydrogens (tertiary/aromatic N) is 5. The zero-order chi connectivity index (χ0) is 19.2. The predicted molar refractivity (Wildman–Crippen MR) is 111 cm³/mol. The molecule has 0 bridgehead atoms. The Morgan fingerprint density at radius 3 is 2.48 bits per heavy atom. The molecule has 7 heteroatoms. The van der Waals surface area contributed by atoms with Crippen LogP contribution in [0.5, 0.6) is 0 Å². The van der Waals surface area contributed by atoms with Gasteiger partial charge in [0.1, 0.15) is 0 Å². The van der Waals surface area contributed by atoms with Crippen LogP contribution >= 0.6 is 0 Å². The van der Waals surface area contributed by atoms with Crippen LogP contribution in [0, 0.1) is 13.8 Å². The fourth-order valence-electron chi connectivity index (χ4n) is 2.85. The summed E-state index contributed by atoms with van der Waals surface area (Å²) < 4.78 is 0. The van der Waals surface area contributed by atoms with Gasteiger partial charge in [-0.05, 0) is 50.2 Å². The quantitative estimate of drug-likeness (QED) is 0.632. The van der Waals surface area contributed by atoms with Crippen LogP contribution in [0.25, 0.3) is 11.2 Å². The van der Waals surface area contributed by atoms with Gasteiger partial charge in [0, 0.05) is 31.2 Å². The van der Waals surface area contributed by atoms with Gasteiger partial charge in [0.05, 0.1) is 0 Å². The zero-order valence-electron chi connectivity index (χ0n) is 16.5. The molecule has 0 spiro atoms. The molecule has 27 heavy (non-hydrogen) atoms. The molecule has 0 unspecified atom stereocenters. The number of likely N-dealkylation sites (N-methyl/N-ethyl adjacent to an activating group) is 1. The van der Waals surface area contributed by atoms with Crippen LogP contribution < -0.4 is 10.6 Å². The van der Waals surface area contributed by atoms with E-state index in [-0.39, 0.29) is 0 Å². The molecule has 0 aliphatic carbocycles. The minimum absolute atomic E-state index is 0.557. The van der Waals surface area contributed by atoms with Crippen LogP contribution in [0.4, 0.5) is 17.5 Å². The molecule has 2 aromatic heterocycles. The molecule has 0 saturated heterocycles. The van der Waals surface area contributed by atoms with Crippen LogP contribution in [0.3, 0.4) is 0 Å². The molecule has 0 aliphatic heterocycles. The SMILES string of the molecule is CCN(CC)CCNc1nc(Nc2ccc(C)c(C)c2)c2nccnc2n1. The van der Waals surface area contributed by atoms with Gasteiger partial charge in [-0.1, -0.05) is 19.9 Å². The van der Waals surface area contributed by atoms with Gasteiger partial charge in [-0.3, -0.25) is 0 Å². The van der Waals surface area contributed by atoms with E-state index in [4.69, 9.17) is 0 Å². The molecule has 0 amide bonds. The van der Waals surface area contributed by atoms with Crippen molar-refractivity contribution in [3.63, 3.8) is 0 Å². The minimum Gasteiger partial charge on any atom is -0.353 e. The minimum atomic E-state index is 0.557. The summed E-state index contributed by atoms with van der Waals surface area (Å²) in [5, 5.41) is 6.68. The van der Waals surface area contributed by atoms with Gasteiger partial charge >= 0.3 is 0 Å². The van der Waals surface area contributed by atoms with Crippen LogP contribution in [-0.2, 0) is 0 Å². The number of anilines is 3. The van der Waals surface area contributed by atoms with Crippen LogP contribution in [-0.4, -0.2) is 51.0 Å². The number of hydrogen-bond donors (Lipinski definition) is 2. The van der Waals surface area contributed by atoms with E-state index in [2.05, 4.69) is 75.3 Å². The van der Waals surface area contributed by atoms with Gasteiger partial charge < -0.3 is 15.5 Å². The lowest BCUT2D eigenvalue weighted by Gasteiger charge is -2.18. The average Bonchev–Trinajstić information content (AvgIpc) is 2.68. The van der Waals surface area contributed by atoms with Gasteiger partial charge in [0.2, 0.25) is 5.95 Å². The van der Waals surface area contributed by atoms with E-state index in [1.54, 1.807) is 12.4 Å². The number of hydrogen-bond acceptors (Lipinski definition) is 7. The topological polar surface area (TPSA) is 78.9 Å². The van der Waals surface area contributed by atoms with E-state index in [1.807, 2.05) is 6.07 Å². The van der Waals surface area contributed by atoms with Crippen LogP contribution in [0.15, 0.2) is 30.6 Å². The molecule has 3 aromatic rings. The molecule has 2 heterocycles. The number of aromatic nitrogens is 4. The van der Waals surface area contributed by atoms with Crippen LogP contribution in [0.1, 0.15) is 25.0 Å². The number of fused-ring (bicyclic) bond motifs is 1. The predicted octanol–water partition coefficient (Wildman–Crippen LogP) is 3.53. The van der Waals surface area contributed by atoms with Gasteiger partial charge in [-0.25, -0.2) is 9.97 Å². The van der Waals surface area contributed by atoms with E-state index >= 15 is 0 Å². The number of nitrogens with one attached hydrogen (secondary N) is 2. The summed E-state index contributed by atoms with van der Waals surface area (Å²) in [6.07, 6.45) is 3.31. The van der Waals surface area contributed by atoms with Crippen molar-refractivity contribution in [2.24, 2.45) is 0 Å². The maximum Gasteiger partial charge on any atom is 0.226 e. The summed E-state index contributed by atoms with van der Waals surface area (Å²) >= 11 is 0. The van der Waals surface area contributed by atoms with E-state index in [1.165, 1.54) is 11.1 Å². The second-order valence-electron chi connectivity index (χ2n) is 6.50. The molecule has 3 rings (SSSR count). The Morgan fingerprint density at radius 1 is 0.963 bits per heavy atom. The summed E-state index contributed by atoms with van der Waals surface area (Å²) in [4.78, 5) is 20.2. The van der Waals surface area contributed by atoms with Gasteiger partial charge in [-0.15, -0.1) is 0 Å². The third-order valence-corrected chi connectivity index (χ3v) is 4.71. The number of rotatable bonds is 8. The highest BCUT2D eigenvalue weighted by atomic mass is 15.2. The number of aryl methyl sites for hydroxylation is 2. The third-order valence-electron chi connectivity index (χ3n) is 4.71. The Bertz CT molecular complexity index is 906. The fourth-order valence-corrected chi connectivity index (χ4v) is 2.85.